The van der Waals surface area contributed by atoms with Crippen molar-refractivity contribution in [3.63, 3.8) is 0 Å². The van der Waals surface area contributed by atoms with Gasteiger partial charge in [0.05, 0.1) is 5.69 Å². The van der Waals surface area contributed by atoms with Crippen LogP contribution in [0.15, 0.2) is 35.5 Å². The summed E-state index contributed by atoms with van der Waals surface area (Å²) in [6.45, 7) is 2.51. The molecule has 2 aromatic rings. The average Bonchev–Trinajstić information content (AvgIpc) is 2.49. The van der Waals surface area contributed by atoms with Gasteiger partial charge in [0.1, 0.15) is 17.5 Å². The topological polar surface area (TPSA) is 67.1 Å². The van der Waals surface area contributed by atoms with E-state index < -0.39 is 0 Å². The molecule has 7 heteroatoms. The molecule has 0 aliphatic rings. The van der Waals surface area contributed by atoms with E-state index in [1.807, 2.05) is 13.2 Å². The van der Waals surface area contributed by atoms with Crippen LogP contribution in [0.4, 0.5) is 21.7 Å². The Labute approximate surface area is 121 Å². The third kappa shape index (κ3) is 3.00. The maximum Gasteiger partial charge on any atom is 0.191 e. The number of nitrogens with one attached hydrogen (secondary N) is 1. The van der Waals surface area contributed by atoms with Gasteiger partial charge in [0.2, 0.25) is 0 Å². The van der Waals surface area contributed by atoms with Gasteiger partial charge in [-0.05, 0) is 25.3 Å². The first kappa shape index (κ1) is 14.5. The fraction of sp³-hybridized carbons (Fsp3) is 0.231. The van der Waals surface area contributed by atoms with Crippen LogP contribution in [0, 0.1) is 5.82 Å². The Hall–Kier alpha value is -1.86. The summed E-state index contributed by atoms with van der Waals surface area (Å²) in [4.78, 5) is 10.4. The standard InChI is InChI=1S/C13H16FN5S/c1-3-19(10-7-5-4-6-9(10)14)12-8-11(18-15)16-13(17-12)20-2/h4-8H,3,15H2,1-2H3,(H,16,17,18). The number of hydrogen-bond acceptors (Lipinski definition) is 6. The zero-order valence-corrected chi connectivity index (χ0v) is 12.1. The number of nitrogens with zero attached hydrogens (tertiary/aromatic N) is 3. The second kappa shape index (κ2) is 6.53. The SMILES string of the molecule is CCN(c1cc(NN)nc(SC)n1)c1ccccc1F. The van der Waals surface area contributed by atoms with E-state index in [2.05, 4.69) is 15.4 Å². The summed E-state index contributed by atoms with van der Waals surface area (Å²) in [7, 11) is 0. The van der Waals surface area contributed by atoms with Crippen molar-refractivity contribution >= 4 is 29.1 Å². The summed E-state index contributed by atoms with van der Waals surface area (Å²) >= 11 is 1.40. The highest BCUT2D eigenvalue weighted by Crippen LogP contribution is 2.28. The Bertz CT molecular complexity index is 570. The van der Waals surface area contributed by atoms with Crippen molar-refractivity contribution in [2.75, 3.05) is 23.1 Å². The van der Waals surface area contributed by atoms with Gasteiger partial charge in [-0.1, -0.05) is 23.9 Å². The molecule has 0 aliphatic carbocycles. The molecule has 0 fully saturated rings. The van der Waals surface area contributed by atoms with Gasteiger partial charge < -0.3 is 10.3 Å². The van der Waals surface area contributed by atoms with Crippen LogP contribution in [0.1, 0.15) is 6.92 Å². The summed E-state index contributed by atoms with van der Waals surface area (Å²) in [6.07, 6.45) is 1.87. The quantitative estimate of drug-likeness (QED) is 0.382. The fourth-order valence-corrected chi connectivity index (χ4v) is 2.22. The highest BCUT2D eigenvalue weighted by Gasteiger charge is 2.15. The van der Waals surface area contributed by atoms with Crippen LogP contribution in [0.5, 0.6) is 0 Å². The van der Waals surface area contributed by atoms with Gasteiger partial charge in [-0.2, -0.15) is 0 Å². The van der Waals surface area contributed by atoms with Gasteiger partial charge in [-0.15, -0.1) is 0 Å². The van der Waals surface area contributed by atoms with Crippen molar-refractivity contribution in [2.45, 2.75) is 12.1 Å². The number of nitrogens with two attached hydrogens (primary N) is 1. The minimum atomic E-state index is -0.291. The molecule has 0 atom stereocenters. The van der Waals surface area contributed by atoms with Gasteiger partial charge in [0.25, 0.3) is 0 Å². The van der Waals surface area contributed by atoms with E-state index in [9.17, 15) is 4.39 Å². The molecular formula is C13H16FN5S. The molecule has 0 spiro atoms. The van der Waals surface area contributed by atoms with Crippen molar-refractivity contribution in [1.82, 2.24) is 9.97 Å². The monoisotopic (exact) mass is 293 g/mol. The fourth-order valence-electron chi connectivity index (χ4n) is 1.84. The van der Waals surface area contributed by atoms with E-state index >= 15 is 0 Å². The lowest BCUT2D eigenvalue weighted by Gasteiger charge is -2.23. The molecule has 1 heterocycles. The molecule has 0 saturated heterocycles. The van der Waals surface area contributed by atoms with Crippen LogP contribution in [0.2, 0.25) is 0 Å². The average molecular weight is 293 g/mol. The largest absolute Gasteiger partial charge is 0.324 e. The first-order valence-corrected chi connectivity index (χ1v) is 7.33. The number of halogens is 1. The second-order valence-electron chi connectivity index (χ2n) is 3.94. The van der Waals surface area contributed by atoms with Crippen molar-refractivity contribution < 1.29 is 4.39 Å². The summed E-state index contributed by atoms with van der Waals surface area (Å²) in [5.41, 5.74) is 2.98. The third-order valence-corrected chi connectivity index (χ3v) is 3.31. The molecule has 1 aromatic carbocycles. The van der Waals surface area contributed by atoms with Crippen LogP contribution >= 0.6 is 11.8 Å². The van der Waals surface area contributed by atoms with Gasteiger partial charge >= 0.3 is 0 Å². The number of thioether (sulfide) groups is 1. The minimum Gasteiger partial charge on any atom is -0.324 e. The Kier molecular flexibility index (Phi) is 4.75. The zero-order valence-electron chi connectivity index (χ0n) is 11.3. The molecule has 0 amide bonds. The van der Waals surface area contributed by atoms with E-state index in [0.29, 0.717) is 29.0 Å². The predicted molar refractivity (Wildman–Crippen MR) is 80.7 cm³/mol. The zero-order chi connectivity index (χ0) is 14.5. The number of hydrazine groups is 1. The molecule has 3 N–H and O–H groups in total. The molecule has 0 bridgehead atoms. The Balaban J connectivity index is 2.49. The number of rotatable bonds is 5. The van der Waals surface area contributed by atoms with Gasteiger partial charge in [-0.3, -0.25) is 0 Å². The van der Waals surface area contributed by atoms with Crippen LogP contribution in [0.3, 0.4) is 0 Å². The molecule has 0 aliphatic heterocycles. The molecule has 20 heavy (non-hydrogen) atoms. The molecule has 0 radical (unpaired) electrons. The first-order valence-electron chi connectivity index (χ1n) is 6.11. The van der Waals surface area contributed by atoms with Crippen LogP contribution in [-0.2, 0) is 0 Å². The molecule has 2 rings (SSSR count). The number of hydrogen-bond donors (Lipinski definition) is 2. The highest BCUT2D eigenvalue weighted by atomic mass is 32.2. The van der Waals surface area contributed by atoms with Crippen molar-refractivity contribution in [3.05, 3.63) is 36.1 Å². The minimum absolute atomic E-state index is 0.291. The van der Waals surface area contributed by atoms with Crippen LogP contribution in [-0.4, -0.2) is 22.8 Å². The summed E-state index contributed by atoms with van der Waals surface area (Å²) < 4.78 is 13.9. The third-order valence-electron chi connectivity index (χ3n) is 2.76. The van der Waals surface area contributed by atoms with Crippen LogP contribution in [0.25, 0.3) is 0 Å². The molecule has 1 aromatic heterocycles. The smallest absolute Gasteiger partial charge is 0.191 e. The van der Waals surface area contributed by atoms with Crippen molar-refractivity contribution in [3.8, 4) is 0 Å². The summed E-state index contributed by atoms with van der Waals surface area (Å²) in [6, 6.07) is 8.29. The van der Waals surface area contributed by atoms with Crippen LogP contribution < -0.4 is 16.2 Å². The normalized spacial score (nSPS) is 10.4. The predicted octanol–water partition coefficient (Wildman–Crippen LogP) is 2.78. The molecule has 0 unspecified atom stereocenters. The van der Waals surface area contributed by atoms with Crippen molar-refractivity contribution in [1.29, 1.82) is 0 Å². The maximum atomic E-state index is 13.9. The van der Waals surface area contributed by atoms with E-state index in [1.165, 1.54) is 17.8 Å². The van der Waals surface area contributed by atoms with Crippen molar-refractivity contribution in [2.24, 2.45) is 5.84 Å². The van der Waals surface area contributed by atoms with E-state index in [1.54, 1.807) is 29.2 Å². The lowest BCUT2D eigenvalue weighted by atomic mass is 10.2. The number of benzene rings is 1. The van der Waals surface area contributed by atoms with E-state index in [4.69, 9.17) is 5.84 Å². The Morgan fingerprint density at radius 2 is 2.10 bits per heavy atom. The number of para-hydroxylation sites is 1. The number of nitrogen functional groups attached to an aromatic ring is 1. The van der Waals surface area contributed by atoms with E-state index in [-0.39, 0.29) is 5.82 Å². The van der Waals surface area contributed by atoms with Gasteiger partial charge in [0.15, 0.2) is 5.16 Å². The molecule has 5 nitrogen and oxygen atoms in total. The van der Waals surface area contributed by atoms with Gasteiger partial charge in [0, 0.05) is 12.6 Å². The highest BCUT2D eigenvalue weighted by molar-refractivity contribution is 7.98. The maximum absolute atomic E-state index is 13.9. The molecular weight excluding hydrogens is 277 g/mol. The van der Waals surface area contributed by atoms with Gasteiger partial charge in [-0.25, -0.2) is 20.2 Å². The lowest BCUT2D eigenvalue weighted by molar-refractivity contribution is 0.625. The summed E-state index contributed by atoms with van der Waals surface area (Å²) in [5.74, 6) is 6.22. The number of anilines is 3. The Morgan fingerprint density at radius 1 is 1.35 bits per heavy atom. The number of aromatic nitrogens is 2. The molecule has 106 valence electrons. The summed E-state index contributed by atoms with van der Waals surface area (Å²) in [5, 5.41) is 0.574. The lowest BCUT2D eigenvalue weighted by Crippen LogP contribution is -2.20. The molecule has 0 saturated carbocycles. The first-order chi connectivity index (χ1) is 9.69. The Morgan fingerprint density at radius 3 is 2.70 bits per heavy atom. The second-order valence-corrected chi connectivity index (χ2v) is 4.71. The van der Waals surface area contributed by atoms with E-state index in [0.717, 1.165) is 0 Å².